The van der Waals surface area contributed by atoms with Gasteiger partial charge in [0.15, 0.2) is 0 Å². The molecule has 0 radical (unpaired) electrons. The number of aromatic nitrogens is 2. The molecule has 3 nitrogen and oxygen atoms in total. The fourth-order valence-electron chi connectivity index (χ4n) is 2.83. The van der Waals surface area contributed by atoms with Crippen molar-refractivity contribution in [2.24, 2.45) is 0 Å². The van der Waals surface area contributed by atoms with Crippen molar-refractivity contribution in [1.82, 2.24) is 14.5 Å². The van der Waals surface area contributed by atoms with Gasteiger partial charge in [-0.1, -0.05) is 15.9 Å². The first-order chi connectivity index (χ1) is 8.95. The normalized spacial score (nSPS) is 17.5. The maximum Gasteiger partial charge on any atom is 0.111 e. The maximum atomic E-state index is 4.80. The van der Waals surface area contributed by atoms with Gasteiger partial charge in [-0.3, -0.25) is 4.90 Å². The predicted octanol–water partition coefficient (Wildman–Crippen LogP) is 3.46. The highest BCUT2D eigenvalue weighted by Gasteiger charge is 2.25. The van der Waals surface area contributed by atoms with Crippen molar-refractivity contribution in [3.63, 3.8) is 0 Å². The number of fused-ring (bicyclic) bond motifs is 3. The summed E-state index contributed by atoms with van der Waals surface area (Å²) in [5, 5.41) is 0. The molecule has 1 aromatic heterocycles. The molecule has 3 rings (SSSR count). The maximum absolute atomic E-state index is 4.80. The Hall–Kier alpha value is -0.870. The molecule has 0 spiro atoms. The molecule has 0 N–H and O–H groups in total. The zero-order valence-corrected chi connectivity index (χ0v) is 13.4. The Morgan fingerprint density at radius 2 is 1.95 bits per heavy atom. The van der Waals surface area contributed by atoms with Crippen LogP contribution in [-0.2, 0) is 13.0 Å². The molecule has 0 bridgehead atoms. The van der Waals surface area contributed by atoms with E-state index >= 15 is 0 Å². The minimum atomic E-state index is 0.239. The first kappa shape index (κ1) is 13.1. The molecule has 2 aromatic rings. The van der Waals surface area contributed by atoms with Crippen LogP contribution in [0.2, 0.25) is 0 Å². The smallest absolute Gasteiger partial charge is 0.111 e. The van der Waals surface area contributed by atoms with Gasteiger partial charge in [0.2, 0.25) is 0 Å². The van der Waals surface area contributed by atoms with Crippen molar-refractivity contribution in [2.75, 3.05) is 13.1 Å². The highest BCUT2D eigenvalue weighted by atomic mass is 79.9. The van der Waals surface area contributed by atoms with Gasteiger partial charge in [-0.2, -0.15) is 0 Å². The molecule has 2 heterocycles. The fourth-order valence-corrected chi connectivity index (χ4v) is 3.18. The largest absolute Gasteiger partial charge is 0.327 e. The van der Waals surface area contributed by atoms with Crippen LogP contribution in [0.25, 0.3) is 11.0 Å². The fraction of sp³-hybridized carbons (Fsp3) is 0.533. The summed E-state index contributed by atoms with van der Waals surface area (Å²) < 4.78 is 3.48. The second kappa shape index (κ2) is 4.60. The zero-order valence-electron chi connectivity index (χ0n) is 11.8. The van der Waals surface area contributed by atoms with Gasteiger partial charge >= 0.3 is 0 Å². The lowest BCUT2D eigenvalue weighted by atomic mass is 10.1. The van der Waals surface area contributed by atoms with Crippen LogP contribution in [0.4, 0.5) is 0 Å². The van der Waals surface area contributed by atoms with E-state index in [0.717, 1.165) is 36.0 Å². The Kier molecular flexibility index (Phi) is 3.18. The molecule has 102 valence electrons. The lowest BCUT2D eigenvalue weighted by Crippen LogP contribution is -2.43. The molecular formula is C15H20BrN3. The van der Waals surface area contributed by atoms with Gasteiger partial charge in [-0.25, -0.2) is 4.98 Å². The summed E-state index contributed by atoms with van der Waals surface area (Å²) in [7, 11) is 0. The van der Waals surface area contributed by atoms with Gasteiger partial charge in [0.25, 0.3) is 0 Å². The minimum absolute atomic E-state index is 0.239. The Bertz CT molecular complexity index is 610. The third-order valence-corrected chi connectivity index (χ3v) is 4.43. The number of rotatable bonds is 0. The second-order valence-electron chi connectivity index (χ2n) is 6.22. The Morgan fingerprint density at radius 3 is 2.68 bits per heavy atom. The van der Waals surface area contributed by atoms with E-state index in [4.69, 9.17) is 4.98 Å². The third kappa shape index (κ3) is 2.43. The van der Waals surface area contributed by atoms with Crippen LogP contribution < -0.4 is 0 Å². The average Bonchev–Trinajstić information content (AvgIpc) is 2.51. The van der Waals surface area contributed by atoms with Gasteiger partial charge < -0.3 is 4.57 Å². The summed E-state index contributed by atoms with van der Waals surface area (Å²) in [6.45, 7) is 10.1. The van der Waals surface area contributed by atoms with Crippen LogP contribution in [0.15, 0.2) is 22.7 Å². The Labute approximate surface area is 122 Å². The monoisotopic (exact) mass is 321 g/mol. The van der Waals surface area contributed by atoms with E-state index in [-0.39, 0.29) is 5.54 Å². The van der Waals surface area contributed by atoms with E-state index in [0.29, 0.717) is 0 Å². The molecule has 1 aliphatic rings. The lowest BCUT2D eigenvalue weighted by molar-refractivity contribution is 0.140. The number of halogens is 1. The van der Waals surface area contributed by atoms with Gasteiger partial charge in [0, 0.05) is 36.1 Å². The van der Waals surface area contributed by atoms with E-state index in [9.17, 15) is 0 Å². The number of benzene rings is 1. The molecule has 0 saturated carbocycles. The highest BCUT2D eigenvalue weighted by molar-refractivity contribution is 9.10. The number of hydrogen-bond acceptors (Lipinski definition) is 2. The van der Waals surface area contributed by atoms with Crippen LogP contribution in [-0.4, -0.2) is 33.1 Å². The standard InChI is InChI=1S/C15H20BrN3/c1-15(2,3)18-7-6-14-17-12-10-11(16)4-5-13(12)19(14)9-8-18/h4-5,10H,6-9H2,1-3H3. The molecule has 4 heteroatoms. The van der Waals surface area contributed by atoms with Gasteiger partial charge in [-0.15, -0.1) is 0 Å². The molecule has 1 aromatic carbocycles. The van der Waals surface area contributed by atoms with Crippen molar-refractivity contribution >= 4 is 27.0 Å². The molecule has 0 aliphatic carbocycles. The van der Waals surface area contributed by atoms with E-state index < -0.39 is 0 Å². The SMILES string of the molecule is CC(C)(C)N1CCc2nc3cc(Br)ccc3n2CC1. The van der Waals surface area contributed by atoms with Crippen molar-refractivity contribution in [1.29, 1.82) is 0 Å². The van der Waals surface area contributed by atoms with Crippen molar-refractivity contribution in [3.8, 4) is 0 Å². The summed E-state index contributed by atoms with van der Waals surface area (Å²) in [5.41, 5.74) is 2.60. The first-order valence-corrected chi connectivity index (χ1v) is 7.64. The van der Waals surface area contributed by atoms with Crippen LogP contribution in [0.1, 0.15) is 26.6 Å². The Morgan fingerprint density at radius 1 is 1.16 bits per heavy atom. The lowest BCUT2D eigenvalue weighted by Gasteiger charge is -2.34. The average molecular weight is 322 g/mol. The Balaban J connectivity index is 1.97. The van der Waals surface area contributed by atoms with Crippen molar-refractivity contribution < 1.29 is 0 Å². The van der Waals surface area contributed by atoms with E-state index in [1.54, 1.807) is 0 Å². The minimum Gasteiger partial charge on any atom is -0.327 e. The number of imidazole rings is 1. The molecule has 0 amide bonds. The molecular weight excluding hydrogens is 302 g/mol. The molecule has 0 fully saturated rings. The van der Waals surface area contributed by atoms with Crippen molar-refractivity contribution in [2.45, 2.75) is 39.3 Å². The van der Waals surface area contributed by atoms with Gasteiger partial charge in [-0.05, 0) is 39.0 Å². The summed E-state index contributed by atoms with van der Waals surface area (Å²) >= 11 is 3.52. The van der Waals surface area contributed by atoms with Crippen LogP contribution in [0, 0.1) is 0 Å². The first-order valence-electron chi connectivity index (χ1n) is 6.85. The van der Waals surface area contributed by atoms with Crippen LogP contribution in [0.5, 0.6) is 0 Å². The number of hydrogen-bond donors (Lipinski definition) is 0. The van der Waals surface area contributed by atoms with Crippen molar-refractivity contribution in [3.05, 3.63) is 28.5 Å². The van der Waals surface area contributed by atoms with E-state index in [1.807, 2.05) is 0 Å². The third-order valence-electron chi connectivity index (χ3n) is 3.94. The van der Waals surface area contributed by atoms with E-state index in [2.05, 4.69) is 64.4 Å². The molecule has 0 saturated heterocycles. The molecule has 0 unspecified atom stereocenters. The van der Waals surface area contributed by atoms with Gasteiger partial charge in [0.1, 0.15) is 5.82 Å². The van der Waals surface area contributed by atoms with Crippen LogP contribution in [0.3, 0.4) is 0 Å². The molecule has 0 atom stereocenters. The summed E-state index contributed by atoms with van der Waals surface area (Å²) in [6.07, 6.45) is 1.03. The highest BCUT2D eigenvalue weighted by Crippen LogP contribution is 2.24. The van der Waals surface area contributed by atoms with Crippen LogP contribution >= 0.6 is 15.9 Å². The summed E-state index contributed by atoms with van der Waals surface area (Å²) in [5.74, 6) is 1.22. The predicted molar refractivity (Wildman–Crippen MR) is 82.5 cm³/mol. The molecule has 19 heavy (non-hydrogen) atoms. The quantitative estimate of drug-likeness (QED) is 0.741. The topological polar surface area (TPSA) is 21.1 Å². The summed E-state index contributed by atoms with van der Waals surface area (Å²) in [6, 6.07) is 6.38. The van der Waals surface area contributed by atoms with Gasteiger partial charge in [0.05, 0.1) is 11.0 Å². The number of nitrogens with zero attached hydrogens (tertiary/aromatic N) is 3. The summed E-state index contributed by atoms with van der Waals surface area (Å²) in [4.78, 5) is 7.34. The van der Waals surface area contributed by atoms with E-state index in [1.165, 1.54) is 11.3 Å². The molecule has 1 aliphatic heterocycles. The second-order valence-corrected chi connectivity index (χ2v) is 7.14. The zero-order chi connectivity index (χ0) is 13.6.